The second kappa shape index (κ2) is 45.2. The molecular formula is C44H84O4Ti. The minimum atomic E-state index is -0.664. The fourth-order valence-corrected chi connectivity index (χ4v) is 6.51. The Morgan fingerprint density at radius 3 is 1.14 bits per heavy atom. The number of hydrogen-bond acceptors (Lipinski definition) is 2. The van der Waals surface area contributed by atoms with Crippen molar-refractivity contribution in [2.75, 3.05) is 0 Å². The average Bonchev–Trinajstić information content (AvgIpc) is 3.07. The number of rotatable bonds is 36. The van der Waals surface area contributed by atoms with Gasteiger partial charge in [0.1, 0.15) is 0 Å². The summed E-state index contributed by atoms with van der Waals surface area (Å²) in [5, 5.41) is 18.1. The van der Waals surface area contributed by atoms with Crippen LogP contribution >= 0.6 is 0 Å². The minimum Gasteiger partial charge on any atom is -0.481 e. The molecule has 0 saturated carbocycles. The summed E-state index contributed by atoms with van der Waals surface area (Å²) in [6.07, 6.45) is 48.0. The van der Waals surface area contributed by atoms with Gasteiger partial charge in [0.25, 0.3) is 0 Å². The molecule has 2 N–H and O–H groups in total. The summed E-state index contributed by atoms with van der Waals surface area (Å²) in [5.41, 5.74) is 0. The smallest absolute Gasteiger partial charge is 0.306 e. The Labute approximate surface area is 321 Å². The average molecular weight is 725 g/mol. The van der Waals surface area contributed by atoms with Gasteiger partial charge < -0.3 is 10.2 Å². The molecule has 0 heterocycles. The number of unbranched alkanes of at least 4 members (excludes halogenated alkanes) is 23. The van der Waals surface area contributed by atoms with E-state index in [1.165, 1.54) is 161 Å². The van der Waals surface area contributed by atoms with Gasteiger partial charge in [-0.1, -0.05) is 180 Å². The van der Waals surface area contributed by atoms with Crippen LogP contribution < -0.4 is 0 Å². The molecule has 2 atom stereocenters. The van der Waals surface area contributed by atoms with E-state index in [0.717, 1.165) is 38.5 Å². The van der Waals surface area contributed by atoms with Crippen LogP contribution in [0.4, 0.5) is 0 Å². The van der Waals surface area contributed by atoms with Crippen LogP contribution in [0.3, 0.4) is 0 Å². The summed E-state index contributed by atoms with van der Waals surface area (Å²) in [6, 6.07) is 0. The van der Waals surface area contributed by atoms with E-state index in [0.29, 0.717) is 12.3 Å². The maximum atomic E-state index is 11.7. The molecule has 0 aliphatic carbocycles. The van der Waals surface area contributed by atoms with Gasteiger partial charge in [0.2, 0.25) is 0 Å². The fourth-order valence-electron chi connectivity index (χ4n) is 6.51. The van der Waals surface area contributed by atoms with Crippen LogP contribution in [-0.4, -0.2) is 22.2 Å². The molecule has 4 nitrogen and oxygen atoms in total. The third-order valence-corrected chi connectivity index (χ3v) is 9.77. The molecule has 0 spiro atoms. The van der Waals surface area contributed by atoms with Gasteiger partial charge in [-0.3, -0.25) is 9.59 Å². The number of carbonyl (C=O) groups is 2. The summed E-state index contributed by atoms with van der Waals surface area (Å²) in [7, 11) is 0. The van der Waals surface area contributed by atoms with Crippen LogP contribution in [0.15, 0.2) is 24.3 Å². The molecule has 0 rings (SSSR count). The maximum Gasteiger partial charge on any atom is 0.306 e. The zero-order valence-electron chi connectivity index (χ0n) is 33.3. The molecule has 0 radical (unpaired) electrons. The number of carboxylic acid groups (broad SMARTS) is 2. The Morgan fingerprint density at radius 1 is 0.449 bits per heavy atom. The van der Waals surface area contributed by atoms with Gasteiger partial charge in [-0.05, 0) is 76.5 Å². The van der Waals surface area contributed by atoms with Crippen LogP contribution in [0.2, 0.25) is 0 Å². The Morgan fingerprint density at radius 2 is 0.776 bits per heavy atom. The van der Waals surface area contributed by atoms with E-state index in [-0.39, 0.29) is 27.6 Å². The molecule has 0 aromatic rings. The van der Waals surface area contributed by atoms with Crippen molar-refractivity contribution in [3.63, 3.8) is 0 Å². The molecule has 49 heavy (non-hydrogen) atoms. The van der Waals surface area contributed by atoms with Gasteiger partial charge in [-0.25, -0.2) is 0 Å². The van der Waals surface area contributed by atoms with E-state index >= 15 is 0 Å². The second-order valence-corrected chi connectivity index (χ2v) is 14.4. The predicted octanol–water partition coefficient (Wildman–Crippen LogP) is 15.0. The van der Waals surface area contributed by atoms with E-state index < -0.39 is 11.9 Å². The normalized spacial score (nSPS) is 12.5. The Hall–Kier alpha value is -0.866. The van der Waals surface area contributed by atoms with Crippen molar-refractivity contribution in [3.05, 3.63) is 24.3 Å². The van der Waals surface area contributed by atoms with Crippen molar-refractivity contribution in [2.24, 2.45) is 11.8 Å². The van der Waals surface area contributed by atoms with Crippen LogP contribution in [0.1, 0.15) is 233 Å². The van der Waals surface area contributed by atoms with Crippen LogP contribution in [-0.2, 0) is 31.3 Å². The zero-order valence-corrected chi connectivity index (χ0v) is 34.9. The summed E-state index contributed by atoms with van der Waals surface area (Å²) < 4.78 is 0. The topological polar surface area (TPSA) is 74.6 Å². The first-order valence-electron chi connectivity index (χ1n) is 21.2. The van der Waals surface area contributed by atoms with E-state index in [4.69, 9.17) is 5.11 Å². The molecule has 288 valence electrons. The molecule has 0 saturated heterocycles. The van der Waals surface area contributed by atoms with Gasteiger partial charge in [0.05, 0.1) is 5.92 Å². The molecule has 0 aliphatic rings. The Balaban J connectivity index is -0.000000893. The Bertz CT molecular complexity index is 720. The largest absolute Gasteiger partial charge is 0.481 e. The zero-order chi connectivity index (χ0) is 35.8. The third kappa shape index (κ3) is 43.2. The number of hydrogen-bond donors (Lipinski definition) is 2. The summed E-state index contributed by atoms with van der Waals surface area (Å²) in [5.74, 6) is -0.989. The van der Waals surface area contributed by atoms with Crippen molar-refractivity contribution in [2.45, 2.75) is 233 Å². The monoisotopic (exact) mass is 725 g/mol. The van der Waals surface area contributed by atoms with Crippen molar-refractivity contribution >= 4 is 11.9 Å². The van der Waals surface area contributed by atoms with Crippen molar-refractivity contribution in [1.29, 1.82) is 0 Å². The minimum absolute atomic E-state index is 0. The molecule has 0 bridgehead atoms. The van der Waals surface area contributed by atoms with Crippen molar-refractivity contribution < 1.29 is 41.5 Å². The summed E-state index contributed by atoms with van der Waals surface area (Å²) in [6.45, 7) is 8.89. The second-order valence-electron chi connectivity index (χ2n) is 14.4. The van der Waals surface area contributed by atoms with Gasteiger partial charge in [-0.2, -0.15) is 0 Å². The molecular weight excluding hydrogens is 640 g/mol. The number of carboxylic acids is 2. The molecule has 5 heteroatoms. The van der Waals surface area contributed by atoms with Gasteiger partial charge in [0, 0.05) is 28.1 Å². The van der Waals surface area contributed by atoms with Crippen LogP contribution in [0, 0.1) is 11.8 Å². The first kappa shape index (κ1) is 52.5. The van der Waals surface area contributed by atoms with E-state index in [1.54, 1.807) is 0 Å². The van der Waals surface area contributed by atoms with E-state index in [1.807, 2.05) is 0 Å². The van der Waals surface area contributed by atoms with E-state index in [9.17, 15) is 14.7 Å². The first-order valence-corrected chi connectivity index (χ1v) is 21.2. The molecule has 2 unspecified atom stereocenters. The summed E-state index contributed by atoms with van der Waals surface area (Å²) >= 11 is 0. The number of allylic oxidation sites excluding steroid dienone is 4. The fraction of sp³-hybridized carbons (Fsp3) is 0.864. The third-order valence-electron chi connectivity index (χ3n) is 9.77. The molecule has 0 amide bonds. The van der Waals surface area contributed by atoms with Crippen LogP contribution in [0.5, 0.6) is 0 Å². The van der Waals surface area contributed by atoms with Crippen molar-refractivity contribution in [1.82, 2.24) is 0 Å². The van der Waals surface area contributed by atoms with Crippen molar-refractivity contribution in [3.8, 4) is 0 Å². The SMILES string of the molecule is CCCCCCCCC=CCCCCCCC(C(=O)O)C(CC)CCCCC.CCCCCCCCC=CCCCCCCCC(=O)O.[Ti]. The van der Waals surface area contributed by atoms with Gasteiger partial charge >= 0.3 is 11.9 Å². The molecule has 0 aromatic carbocycles. The molecule has 0 fully saturated rings. The Kier molecular flexibility index (Phi) is 48.4. The van der Waals surface area contributed by atoms with Crippen LogP contribution in [0.25, 0.3) is 0 Å². The predicted molar refractivity (Wildman–Crippen MR) is 211 cm³/mol. The molecule has 0 aliphatic heterocycles. The first-order chi connectivity index (χ1) is 23.4. The van der Waals surface area contributed by atoms with E-state index in [2.05, 4.69) is 52.0 Å². The van der Waals surface area contributed by atoms with Gasteiger partial charge in [-0.15, -0.1) is 0 Å². The standard InChI is InChI=1S/C26H50O2.C18H34O2.Ti/c1-4-7-9-10-11-12-13-14-15-16-17-18-19-21-23-25(26(27)28)24(6-3)22-20-8-5-2;1-2-3-4-5-6-7-8-9-10-11-12-13-14-15-16-17-18(19)20;/h14-15,24-25H,4-13,16-23H2,1-3H3,(H,27,28);9-10H,2-8,11-17H2,1H3,(H,19,20);. The number of aliphatic carboxylic acids is 2. The van der Waals surface area contributed by atoms with Gasteiger partial charge in [0.15, 0.2) is 0 Å². The molecule has 0 aromatic heterocycles. The quantitative estimate of drug-likeness (QED) is 0.0383. The maximum absolute atomic E-state index is 11.7. The summed E-state index contributed by atoms with van der Waals surface area (Å²) in [4.78, 5) is 22.0.